The smallest absolute Gasteiger partial charge is 0.224 e. The Balaban J connectivity index is 2.72. The summed E-state index contributed by atoms with van der Waals surface area (Å²) in [5.74, 6) is -0.00223. The van der Waals surface area contributed by atoms with Crippen molar-refractivity contribution < 1.29 is 4.79 Å². The number of thiocarbonyl (C=S) groups is 1. The molecule has 1 rings (SSSR count). The van der Waals surface area contributed by atoms with E-state index in [1.165, 1.54) is 0 Å². The van der Waals surface area contributed by atoms with Gasteiger partial charge in [0.15, 0.2) is 0 Å². The first-order valence-electron chi connectivity index (χ1n) is 5.48. The molecule has 1 aromatic carbocycles. The van der Waals surface area contributed by atoms with Crippen LogP contribution in [0.4, 0.5) is 5.69 Å². The lowest BCUT2D eigenvalue weighted by Gasteiger charge is -2.17. The zero-order valence-electron chi connectivity index (χ0n) is 10.4. The lowest BCUT2D eigenvalue weighted by molar-refractivity contribution is -0.117. The summed E-state index contributed by atoms with van der Waals surface area (Å²) in [6.07, 6.45) is 0.476. The second-order valence-corrected chi connectivity index (χ2v) is 5.67. The van der Waals surface area contributed by atoms with Crippen LogP contribution in [0.5, 0.6) is 0 Å². The van der Waals surface area contributed by atoms with Crippen molar-refractivity contribution in [2.45, 2.75) is 27.2 Å². The van der Waals surface area contributed by atoms with Crippen LogP contribution in [-0.2, 0) is 4.79 Å². The number of carbonyl (C=O) groups excluding carboxylic acids is 1. The second-order valence-electron chi connectivity index (χ2n) is 5.23. The van der Waals surface area contributed by atoms with Gasteiger partial charge in [0, 0.05) is 17.7 Å². The van der Waals surface area contributed by atoms with Crippen LogP contribution in [0.25, 0.3) is 0 Å². The van der Waals surface area contributed by atoms with Gasteiger partial charge in [0.1, 0.15) is 4.99 Å². The first kappa shape index (κ1) is 13.6. The molecule has 0 unspecified atom stereocenters. The molecule has 0 spiro atoms. The zero-order valence-corrected chi connectivity index (χ0v) is 11.2. The lowest BCUT2D eigenvalue weighted by Crippen LogP contribution is -2.20. The Labute approximate surface area is 107 Å². The van der Waals surface area contributed by atoms with Gasteiger partial charge in [-0.3, -0.25) is 4.79 Å². The van der Waals surface area contributed by atoms with Gasteiger partial charge in [-0.05, 0) is 17.5 Å². The van der Waals surface area contributed by atoms with Crippen molar-refractivity contribution in [2.24, 2.45) is 11.1 Å². The summed E-state index contributed by atoms with van der Waals surface area (Å²) in [6, 6.07) is 7.24. The number of hydrogen-bond donors (Lipinski definition) is 2. The Kier molecular flexibility index (Phi) is 4.23. The molecule has 17 heavy (non-hydrogen) atoms. The van der Waals surface area contributed by atoms with E-state index in [0.29, 0.717) is 11.4 Å². The molecule has 0 aliphatic heterocycles. The van der Waals surface area contributed by atoms with E-state index in [-0.39, 0.29) is 11.3 Å². The first-order valence-corrected chi connectivity index (χ1v) is 5.88. The van der Waals surface area contributed by atoms with E-state index in [2.05, 4.69) is 5.32 Å². The number of nitrogens with one attached hydrogen (secondary N) is 1. The van der Waals surface area contributed by atoms with Crippen LogP contribution < -0.4 is 11.1 Å². The highest BCUT2D eigenvalue weighted by Crippen LogP contribution is 2.19. The topological polar surface area (TPSA) is 55.1 Å². The third-order valence-corrected chi connectivity index (χ3v) is 2.36. The highest BCUT2D eigenvalue weighted by Gasteiger charge is 2.15. The normalized spacial score (nSPS) is 11.0. The van der Waals surface area contributed by atoms with Crippen LogP contribution in [-0.4, -0.2) is 10.9 Å². The Morgan fingerprint density at radius 2 is 2.06 bits per heavy atom. The summed E-state index contributed by atoms with van der Waals surface area (Å²) in [7, 11) is 0. The molecule has 0 aliphatic rings. The average Bonchev–Trinajstić information content (AvgIpc) is 2.14. The Morgan fingerprint density at radius 1 is 1.41 bits per heavy atom. The minimum absolute atomic E-state index is 0.00223. The van der Waals surface area contributed by atoms with Crippen LogP contribution in [0.1, 0.15) is 32.8 Å². The molecule has 1 aromatic rings. The standard InChI is InChI=1S/C13H18N2OS/c1-13(2,3)8-11(16)15-10-6-4-5-9(7-10)12(14)17/h4-7H,8H2,1-3H3,(H2,14,17)(H,15,16). The fourth-order valence-electron chi connectivity index (χ4n) is 1.44. The van der Waals surface area contributed by atoms with Crippen LogP contribution in [0.2, 0.25) is 0 Å². The molecule has 0 bridgehead atoms. The van der Waals surface area contributed by atoms with E-state index in [4.69, 9.17) is 18.0 Å². The summed E-state index contributed by atoms with van der Waals surface area (Å²) in [5, 5.41) is 2.84. The van der Waals surface area contributed by atoms with Gasteiger partial charge in [0.05, 0.1) is 0 Å². The number of hydrogen-bond acceptors (Lipinski definition) is 2. The fourth-order valence-corrected chi connectivity index (χ4v) is 1.56. The number of anilines is 1. The maximum atomic E-state index is 11.7. The van der Waals surface area contributed by atoms with Gasteiger partial charge in [0.2, 0.25) is 5.91 Å². The highest BCUT2D eigenvalue weighted by molar-refractivity contribution is 7.80. The van der Waals surface area contributed by atoms with Crippen molar-refractivity contribution in [1.29, 1.82) is 0 Å². The molecule has 1 amide bonds. The molecule has 0 aromatic heterocycles. The molecule has 0 radical (unpaired) electrons. The molecule has 0 fully saturated rings. The molecule has 0 aliphatic carbocycles. The summed E-state index contributed by atoms with van der Waals surface area (Å²) < 4.78 is 0. The first-order chi connectivity index (χ1) is 7.78. The van der Waals surface area contributed by atoms with E-state index in [0.717, 1.165) is 11.3 Å². The SMILES string of the molecule is CC(C)(C)CC(=O)Nc1cccc(C(N)=S)c1. The van der Waals surface area contributed by atoms with Gasteiger partial charge in [-0.25, -0.2) is 0 Å². The van der Waals surface area contributed by atoms with Crippen LogP contribution in [0, 0.1) is 5.41 Å². The van der Waals surface area contributed by atoms with Gasteiger partial charge in [0.25, 0.3) is 0 Å². The minimum atomic E-state index is -0.0230. The number of benzene rings is 1. The van der Waals surface area contributed by atoms with Gasteiger partial charge in [-0.15, -0.1) is 0 Å². The van der Waals surface area contributed by atoms with Crippen molar-refractivity contribution in [3.63, 3.8) is 0 Å². The monoisotopic (exact) mass is 250 g/mol. The molecule has 0 heterocycles. The van der Waals surface area contributed by atoms with Crippen molar-refractivity contribution in [3.05, 3.63) is 29.8 Å². The number of nitrogens with two attached hydrogens (primary N) is 1. The van der Waals surface area contributed by atoms with Crippen molar-refractivity contribution >= 4 is 28.8 Å². The van der Waals surface area contributed by atoms with Crippen LogP contribution in [0.3, 0.4) is 0 Å². The van der Waals surface area contributed by atoms with E-state index in [1.54, 1.807) is 6.07 Å². The van der Waals surface area contributed by atoms with Gasteiger partial charge in [-0.1, -0.05) is 45.1 Å². The third kappa shape index (κ3) is 4.95. The van der Waals surface area contributed by atoms with Crippen molar-refractivity contribution in [1.82, 2.24) is 0 Å². The zero-order chi connectivity index (χ0) is 13.1. The average molecular weight is 250 g/mol. The molecule has 0 atom stereocenters. The quantitative estimate of drug-likeness (QED) is 0.811. The van der Waals surface area contributed by atoms with E-state index in [1.807, 2.05) is 39.0 Å². The Morgan fingerprint density at radius 3 is 2.59 bits per heavy atom. The predicted molar refractivity (Wildman–Crippen MR) is 75.0 cm³/mol. The van der Waals surface area contributed by atoms with E-state index in [9.17, 15) is 4.79 Å². The molecule has 3 nitrogen and oxygen atoms in total. The Hall–Kier alpha value is -1.42. The molecular weight excluding hydrogens is 232 g/mol. The van der Waals surface area contributed by atoms with Gasteiger partial charge in [-0.2, -0.15) is 0 Å². The third-order valence-electron chi connectivity index (χ3n) is 2.12. The summed E-state index contributed by atoms with van der Waals surface area (Å²) in [4.78, 5) is 12.1. The number of carbonyl (C=O) groups is 1. The summed E-state index contributed by atoms with van der Waals surface area (Å²) in [5.41, 5.74) is 7.00. The molecule has 3 N–H and O–H groups in total. The minimum Gasteiger partial charge on any atom is -0.389 e. The maximum Gasteiger partial charge on any atom is 0.224 e. The number of amides is 1. The van der Waals surface area contributed by atoms with E-state index < -0.39 is 0 Å². The molecular formula is C13H18N2OS. The molecule has 4 heteroatoms. The van der Waals surface area contributed by atoms with Gasteiger partial charge >= 0.3 is 0 Å². The highest BCUT2D eigenvalue weighted by atomic mass is 32.1. The fraction of sp³-hybridized carbons (Fsp3) is 0.385. The van der Waals surface area contributed by atoms with Crippen LogP contribution >= 0.6 is 12.2 Å². The molecule has 0 saturated heterocycles. The predicted octanol–water partition coefficient (Wildman–Crippen LogP) is 2.70. The van der Waals surface area contributed by atoms with Crippen molar-refractivity contribution in [2.75, 3.05) is 5.32 Å². The largest absolute Gasteiger partial charge is 0.389 e. The molecule has 0 saturated carbocycles. The summed E-state index contributed by atoms with van der Waals surface area (Å²) in [6.45, 7) is 6.08. The van der Waals surface area contributed by atoms with Crippen LogP contribution in [0.15, 0.2) is 24.3 Å². The van der Waals surface area contributed by atoms with Gasteiger partial charge < -0.3 is 11.1 Å². The Bertz CT molecular complexity index is 435. The summed E-state index contributed by atoms with van der Waals surface area (Å²) >= 11 is 4.89. The van der Waals surface area contributed by atoms with Crippen molar-refractivity contribution in [3.8, 4) is 0 Å². The maximum absolute atomic E-state index is 11.7. The van der Waals surface area contributed by atoms with E-state index >= 15 is 0 Å². The molecule has 92 valence electrons. The second kappa shape index (κ2) is 5.27. The number of rotatable bonds is 3. The lowest BCUT2D eigenvalue weighted by atomic mass is 9.92.